The lowest BCUT2D eigenvalue weighted by atomic mass is 10.1. The molecule has 4 heteroatoms. The predicted octanol–water partition coefficient (Wildman–Crippen LogP) is 3.45. The zero-order valence-electron chi connectivity index (χ0n) is 12.8. The first-order valence-corrected chi connectivity index (χ1v) is 8.43. The van der Waals surface area contributed by atoms with Gasteiger partial charge >= 0.3 is 0 Å². The van der Waals surface area contributed by atoms with E-state index >= 15 is 0 Å². The molecule has 0 bridgehead atoms. The lowest BCUT2D eigenvalue weighted by Gasteiger charge is -2.28. The van der Waals surface area contributed by atoms with Gasteiger partial charge in [0, 0.05) is 17.5 Å². The standard InChI is InChI=1S/C16H27NO2S/c1-16(2,3)19-10-9-17-8-4-6-13(17)12-14(18)15-7-5-11-20-15/h5,7,11,13-14,18H,4,6,8-10,12H2,1-3H3. The highest BCUT2D eigenvalue weighted by molar-refractivity contribution is 7.10. The van der Waals surface area contributed by atoms with Crippen LogP contribution in [0.25, 0.3) is 0 Å². The first-order valence-electron chi connectivity index (χ1n) is 7.55. The average Bonchev–Trinajstić information content (AvgIpc) is 2.99. The van der Waals surface area contributed by atoms with Crippen LogP contribution in [0, 0.1) is 0 Å². The van der Waals surface area contributed by atoms with E-state index in [2.05, 4.69) is 25.7 Å². The predicted molar refractivity (Wildman–Crippen MR) is 84.2 cm³/mol. The number of hydrogen-bond donors (Lipinski definition) is 1. The average molecular weight is 297 g/mol. The van der Waals surface area contributed by atoms with E-state index in [0.717, 1.165) is 31.0 Å². The summed E-state index contributed by atoms with van der Waals surface area (Å²) in [6.45, 7) is 9.16. The SMILES string of the molecule is CC(C)(C)OCCN1CCCC1CC(O)c1cccs1. The molecule has 114 valence electrons. The molecule has 0 aromatic carbocycles. The van der Waals surface area contributed by atoms with Gasteiger partial charge in [-0.15, -0.1) is 11.3 Å². The minimum atomic E-state index is -0.316. The third-order valence-electron chi connectivity index (χ3n) is 3.78. The molecule has 1 aromatic heterocycles. The Morgan fingerprint density at radius 3 is 2.95 bits per heavy atom. The topological polar surface area (TPSA) is 32.7 Å². The Bertz CT molecular complexity index is 386. The number of thiophene rings is 1. The van der Waals surface area contributed by atoms with Gasteiger partial charge < -0.3 is 9.84 Å². The first-order chi connectivity index (χ1) is 9.46. The van der Waals surface area contributed by atoms with Crippen LogP contribution >= 0.6 is 11.3 Å². The molecule has 1 N–H and O–H groups in total. The van der Waals surface area contributed by atoms with Gasteiger partial charge in [-0.1, -0.05) is 6.07 Å². The Morgan fingerprint density at radius 1 is 1.50 bits per heavy atom. The van der Waals surface area contributed by atoms with Crippen molar-refractivity contribution >= 4 is 11.3 Å². The van der Waals surface area contributed by atoms with E-state index in [9.17, 15) is 5.11 Å². The van der Waals surface area contributed by atoms with Crippen molar-refractivity contribution in [3.63, 3.8) is 0 Å². The van der Waals surface area contributed by atoms with Crippen molar-refractivity contribution in [2.75, 3.05) is 19.7 Å². The van der Waals surface area contributed by atoms with Crippen LogP contribution < -0.4 is 0 Å². The van der Waals surface area contributed by atoms with E-state index in [1.54, 1.807) is 11.3 Å². The Labute approximate surface area is 126 Å². The van der Waals surface area contributed by atoms with E-state index in [1.807, 2.05) is 17.5 Å². The van der Waals surface area contributed by atoms with Gasteiger partial charge in [0.2, 0.25) is 0 Å². The number of aliphatic hydroxyl groups is 1. The van der Waals surface area contributed by atoms with Crippen molar-refractivity contribution in [2.24, 2.45) is 0 Å². The van der Waals surface area contributed by atoms with E-state index in [0.29, 0.717) is 6.04 Å². The summed E-state index contributed by atoms with van der Waals surface area (Å²) < 4.78 is 5.81. The highest BCUT2D eigenvalue weighted by atomic mass is 32.1. The van der Waals surface area contributed by atoms with Crippen molar-refractivity contribution in [2.45, 2.75) is 57.8 Å². The van der Waals surface area contributed by atoms with Gasteiger partial charge in [0.05, 0.1) is 18.3 Å². The lowest BCUT2D eigenvalue weighted by molar-refractivity contribution is -0.0163. The Hall–Kier alpha value is -0.420. The summed E-state index contributed by atoms with van der Waals surface area (Å²) in [7, 11) is 0. The van der Waals surface area contributed by atoms with E-state index in [4.69, 9.17) is 4.74 Å². The summed E-state index contributed by atoms with van der Waals surface area (Å²) in [4.78, 5) is 3.56. The van der Waals surface area contributed by atoms with Gasteiger partial charge in [-0.3, -0.25) is 4.90 Å². The normalized spacial score (nSPS) is 22.3. The fourth-order valence-corrected chi connectivity index (χ4v) is 3.50. The molecule has 1 saturated heterocycles. The van der Waals surface area contributed by atoms with Gasteiger partial charge in [0.25, 0.3) is 0 Å². The van der Waals surface area contributed by atoms with Gasteiger partial charge in [-0.05, 0) is 58.0 Å². The van der Waals surface area contributed by atoms with Crippen LogP contribution in [-0.4, -0.2) is 41.3 Å². The molecule has 0 radical (unpaired) electrons. The molecule has 1 aliphatic rings. The quantitative estimate of drug-likeness (QED) is 0.873. The molecule has 1 aliphatic heterocycles. The van der Waals surface area contributed by atoms with E-state index in [1.165, 1.54) is 12.8 Å². The largest absolute Gasteiger partial charge is 0.388 e. The highest BCUT2D eigenvalue weighted by Gasteiger charge is 2.27. The summed E-state index contributed by atoms with van der Waals surface area (Å²) >= 11 is 1.64. The molecule has 2 unspecified atom stereocenters. The molecule has 20 heavy (non-hydrogen) atoms. The lowest BCUT2D eigenvalue weighted by Crippen LogP contribution is -2.35. The van der Waals surface area contributed by atoms with E-state index < -0.39 is 0 Å². The summed E-state index contributed by atoms with van der Waals surface area (Å²) in [6, 6.07) is 4.53. The van der Waals surface area contributed by atoms with Crippen molar-refractivity contribution in [1.29, 1.82) is 0 Å². The highest BCUT2D eigenvalue weighted by Crippen LogP contribution is 2.29. The maximum Gasteiger partial charge on any atom is 0.0896 e. The van der Waals surface area contributed by atoms with Gasteiger partial charge in [0.1, 0.15) is 0 Å². The molecule has 0 amide bonds. The van der Waals surface area contributed by atoms with Gasteiger partial charge in [-0.2, -0.15) is 0 Å². The van der Waals surface area contributed by atoms with Crippen LogP contribution in [0.1, 0.15) is 51.0 Å². The third-order valence-corrected chi connectivity index (χ3v) is 4.75. The number of hydrogen-bond acceptors (Lipinski definition) is 4. The minimum Gasteiger partial charge on any atom is -0.388 e. The molecule has 1 aromatic rings. The van der Waals surface area contributed by atoms with Crippen molar-refractivity contribution in [3.8, 4) is 0 Å². The molecule has 3 nitrogen and oxygen atoms in total. The van der Waals surface area contributed by atoms with Crippen molar-refractivity contribution in [3.05, 3.63) is 22.4 Å². The van der Waals surface area contributed by atoms with Crippen LogP contribution in [0.4, 0.5) is 0 Å². The Morgan fingerprint density at radius 2 is 2.30 bits per heavy atom. The second-order valence-electron chi connectivity index (χ2n) is 6.56. The summed E-state index contributed by atoms with van der Waals surface area (Å²) in [5, 5.41) is 12.3. The van der Waals surface area contributed by atoms with Crippen molar-refractivity contribution in [1.82, 2.24) is 4.90 Å². The van der Waals surface area contributed by atoms with Crippen molar-refractivity contribution < 1.29 is 9.84 Å². The number of rotatable bonds is 6. The van der Waals surface area contributed by atoms with Gasteiger partial charge in [-0.25, -0.2) is 0 Å². The maximum absolute atomic E-state index is 10.3. The number of likely N-dealkylation sites (tertiary alicyclic amines) is 1. The monoisotopic (exact) mass is 297 g/mol. The second-order valence-corrected chi connectivity index (χ2v) is 7.54. The van der Waals surface area contributed by atoms with Gasteiger partial charge in [0.15, 0.2) is 0 Å². The maximum atomic E-state index is 10.3. The first kappa shape index (κ1) is 16.0. The fourth-order valence-electron chi connectivity index (χ4n) is 2.78. The molecular formula is C16H27NO2S. The molecule has 1 fully saturated rings. The Kier molecular flexibility index (Phi) is 5.61. The smallest absolute Gasteiger partial charge is 0.0896 e. The van der Waals surface area contributed by atoms with Crippen LogP contribution in [0.5, 0.6) is 0 Å². The molecule has 2 heterocycles. The minimum absolute atomic E-state index is 0.0638. The molecule has 0 saturated carbocycles. The zero-order chi connectivity index (χ0) is 14.6. The second kappa shape index (κ2) is 7.03. The van der Waals surface area contributed by atoms with Crippen LogP contribution in [0.2, 0.25) is 0 Å². The molecule has 2 atom stereocenters. The third kappa shape index (κ3) is 4.85. The zero-order valence-corrected chi connectivity index (χ0v) is 13.7. The number of ether oxygens (including phenoxy) is 1. The molecule has 0 spiro atoms. The van der Waals surface area contributed by atoms with E-state index in [-0.39, 0.29) is 11.7 Å². The summed E-state index contributed by atoms with van der Waals surface area (Å²) in [6.07, 6.45) is 2.95. The summed E-state index contributed by atoms with van der Waals surface area (Å²) in [5.41, 5.74) is -0.0638. The summed E-state index contributed by atoms with van der Waals surface area (Å²) in [5.74, 6) is 0. The van der Waals surface area contributed by atoms with Crippen LogP contribution in [-0.2, 0) is 4.74 Å². The Balaban J connectivity index is 1.78. The van der Waals surface area contributed by atoms with Crippen LogP contribution in [0.3, 0.4) is 0 Å². The number of nitrogens with zero attached hydrogens (tertiary/aromatic N) is 1. The molecule has 2 rings (SSSR count). The van der Waals surface area contributed by atoms with Crippen LogP contribution in [0.15, 0.2) is 17.5 Å². The fraction of sp³-hybridized carbons (Fsp3) is 0.750. The number of aliphatic hydroxyl groups excluding tert-OH is 1. The molecular weight excluding hydrogens is 270 g/mol. The molecule has 0 aliphatic carbocycles.